The predicted octanol–water partition coefficient (Wildman–Crippen LogP) is 1.93. The van der Waals surface area contributed by atoms with Crippen LogP contribution in [0.1, 0.15) is 25.3 Å². The van der Waals surface area contributed by atoms with Gasteiger partial charge in [0.2, 0.25) is 5.91 Å². The highest BCUT2D eigenvalue weighted by Gasteiger charge is 2.17. The molecule has 0 spiro atoms. The van der Waals surface area contributed by atoms with E-state index in [1.54, 1.807) is 24.1 Å². The zero-order chi connectivity index (χ0) is 15.1. The summed E-state index contributed by atoms with van der Waals surface area (Å²) in [6, 6.07) is 6.34. The van der Waals surface area contributed by atoms with Crippen molar-refractivity contribution in [2.24, 2.45) is 11.7 Å². The van der Waals surface area contributed by atoms with Gasteiger partial charge in [0.25, 0.3) is 5.69 Å². The van der Waals surface area contributed by atoms with Crippen LogP contribution in [0.4, 0.5) is 5.69 Å². The van der Waals surface area contributed by atoms with Crippen molar-refractivity contribution in [2.45, 2.75) is 26.3 Å². The first-order valence-electron chi connectivity index (χ1n) is 6.64. The topological polar surface area (TPSA) is 89.5 Å². The summed E-state index contributed by atoms with van der Waals surface area (Å²) in [6.07, 6.45) is 1.58. The molecule has 0 aliphatic rings. The number of hydrogen-bond donors (Lipinski definition) is 1. The molecule has 0 radical (unpaired) electrons. The molecule has 0 heterocycles. The fourth-order valence-electron chi connectivity index (χ4n) is 2.04. The molecule has 2 N–H and O–H groups in total. The first kappa shape index (κ1) is 16.1. The van der Waals surface area contributed by atoms with Crippen molar-refractivity contribution in [3.05, 3.63) is 39.9 Å². The molecule has 1 atom stereocenters. The largest absolute Gasteiger partial charge is 0.341 e. The van der Waals surface area contributed by atoms with Crippen LogP contribution in [0.3, 0.4) is 0 Å². The molecule has 6 nitrogen and oxygen atoms in total. The molecule has 1 amide bonds. The molecule has 0 saturated carbocycles. The molecule has 0 aliphatic heterocycles. The van der Waals surface area contributed by atoms with Gasteiger partial charge in [0.05, 0.1) is 4.92 Å². The van der Waals surface area contributed by atoms with Crippen LogP contribution < -0.4 is 5.73 Å². The van der Waals surface area contributed by atoms with Crippen LogP contribution >= 0.6 is 0 Å². The number of carbonyl (C=O) groups excluding carboxylic acids is 1. The van der Waals surface area contributed by atoms with Gasteiger partial charge in [-0.15, -0.1) is 0 Å². The van der Waals surface area contributed by atoms with Crippen molar-refractivity contribution < 1.29 is 9.72 Å². The first-order chi connectivity index (χ1) is 9.45. The minimum atomic E-state index is -0.435. The lowest BCUT2D eigenvalue weighted by Crippen LogP contribution is -2.31. The highest BCUT2D eigenvalue weighted by molar-refractivity contribution is 5.78. The predicted molar refractivity (Wildman–Crippen MR) is 77.0 cm³/mol. The molecule has 0 aromatic heterocycles. The van der Waals surface area contributed by atoms with Gasteiger partial charge in [-0.05, 0) is 24.9 Å². The summed E-state index contributed by atoms with van der Waals surface area (Å²) in [5.74, 6) is -0.0489. The van der Waals surface area contributed by atoms with E-state index in [0.29, 0.717) is 13.1 Å². The van der Waals surface area contributed by atoms with E-state index in [0.717, 1.165) is 18.4 Å². The second-order valence-corrected chi connectivity index (χ2v) is 4.95. The van der Waals surface area contributed by atoms with Crippen LogP contribution in [-0.4, -0.2) is 29.3 Å². The van der Waals surface area contributed by atoms with Gasteiger partial charge in [-0.2, -0.15) is 0 Å². The average molecular weight is 279 g/mol. The monoisotopic (exact) mass is 279 g/mol. The van der Waals surface area contributed by atoms with E-state index in [1.807, 2.05) is 6.92 Å². The molecule has 1 rings (SSSR count). The third-order valence-corrected chi connectivity index (χ3v) is 3.18. The summed E-state index contributed by atoms with van der Waals surface area (Å²) in [5.41, 5.74) is 6.23. The van der Waals surface area contributed by atoms with Crippen molar-refractivity contribution in [3.8, 4) is 0 Å². The number of amides is 1. The lowest BCUT2D eigenvalue weighted by molar-refractivity contribution is -0.384. The number of nitrogens with zero attached hydrogens (tertiary/aromatic N) is 2. The Hall–Kier alpha value is -1.95. The van der Waals surface area contributed by atoms with E-state index in [4.69, 9.17) is 5.73 Å². The molecule has 110 valence electrons. The van der Waals surface area contributed by atoms with Gasteiger partial charge >= 0.3 is 0 Å². The van der Waals surface area contributed by atoms with Gasteiger partial charge in [0, 0.05) is 31.6 Å². The minimum absolute atomic E-state index is 0.0324. The normalized spacial score (nSPS) is 11.9. The van der Waals surface area contributed by atoms with E-state index in [2.05, 4.69) is 0 Å². The molecule has 0 aliphatic carbocycles. The van der Waals surface area contributed by atoms with E-state index in [-0.39, 0.29) is 17.5 Å². The van der Waals surface area contributed by atoms with Crippen molar-refractivity contribution >= 4 is 11.6 Å². The quantitative estimate of drug-likeness (QED) is 0.610. The van der Waals surface area contributed by atoms with Gasteiger partial charge in [0.1, 0.15) is 0 Å². The molecule has 20 heavy (non-hydrogen) atoms. The number of rotatable bonds is 7. The second-order valence-electron chi connectivity index (χ2n) is 4.95. The third kappa shape index (κ3) is 4.62. The fraction of sp³-hybridized carbons (Fsp3) is 0.500. The Kier molecular flexibility index (Phi) is 6.11. The first-order valence-corrected chi connectivity index (χ1v) is 6.64. The average Bonchev–Trinajstić information content (AvgIpc) is 2.44. The lowest BCUT2D eigenvalue weighted by atomic mass is 10.0. The van der Waals surface area contributed by atoms with Gasteiger partial charge in [-0.1, -0.05) is 19.1 Å². The molecule has 0 saturated heterocycles. The molecule has 1 unspecified atom stereocenters. The molecule has 0 bridgehead atoms. The summed E-state index contributed by atoms with van der Waals surface area (Å²) in [4.78, 5) is 24.0. The van der Waals surface area contributed by atoms with Crippen LogP contribution in [0.5, 0.6) is 0 Å². The third-order valence-electron chi connectivity index (χ3n) is 3.18. The number of carbonyl (C=O) groups is 1. The standard InChI is InChI=1S/C14H21N3O3/c1-11(5-4-8-15)14(18)16(2)10-12-6-3-7-13(9-12)17(19)20/h3,6-7,9,11H,4-5,8,10,15H2,1-2H3. The number of nitrogens with two attached hydrogens (primary N) is 1. The maximum absolute atomic E-state index is 12.1. The maximum atomic E-state index is 12.1. The fourth-order valence-corrected chi connectivity index (χ4v) is 2.04. The van der Waals surface area contributed by atoms with Gasteiger partial charge in [-0.25, -0.2) is 0 Å². The van der Waals surface area contributed by atoms with Crippen LogP contribution in [0.2, 0.25) is 0 Å². The zero-order valence-electron chi connectivity index (χ0n) is 11.9. The lowest BCUT2D eigenvalue weighted by Gasteiger charge is -2.21. The van der Waals surface area contributed by atoms with Crippen LogP contribution in [0.25, 0.3) is 0 Å². The van der Waals surface area contributed by atoms with E-state index in [1.165, 1.54) is 12.1 Å². The number of nitro benzene ring substituents is 1. The Balaban J connectivity index is 2.65. The van der Waals surface area contributed by atoms with Crippen molar-refractivity contribution in [3.63, 3.8) is 0 Å². The molecular formula is C14H21N3O3. The second kappa shape index (κ2) is 7.59. The Morgan fingerprint density at radius 1 is 1.50 bits per heavy atom. The molecule has 1 aromatic carbocycles. The van der Waals surface area contributed by atoms with E-state index < -0.39 is 4.92 Å². The Labute approximate surface area is 118 Å². The van der Waals surface area contributed by atoms with E-state index >= 15 is 0 Å². The Morgan fingerprint density at radius 2 is 2.20 bits per heavy atom. The van der Waals surface area contributed by atoms with Gasteiger partial charge in [0.15, 0.2) is 0 Å². The van der Waals surface area contributed by atoms with Gasteiger partial charge in [-0.3, -0.25) is 14.9 Å². The highest BCUT2D eigenvalue weighted by atomic mass is 16.6. The summed E-state index contributed by atoms with van der Waals surface area (Å²) in [6.45, 7) is 2.82. The Morgan fingerprint density at radius 3 is 2.80 bits per heavy atom. The summed E-state index contributed by atoms with van der Waals surface area (Å²) < 4.78 is 0. The van der Waals surface area contributed by atoms with Gasteiger partial charge < -0.3 is 10.6 Å². The maximum Gasteiger partial charge on any atom is 0.269 e. The van der Waals surface area contributed by atoms with Crippen LogP contribution in [-0.2, 0) is 11.3 Å². The Bertz CT molecular complexity index is 476. The summed E-state index contributed by atoms with van der Waals surface area (Å²) >= 11 is 0. The molecule has 1 aromatic rings. The molecule has 0 fully saturated rings. The zero-order valence-corrected chi connectivity index (χ0v) is 11.9. The number of hydrogen-bond acceptors (Lipinski definition) is 4. The molecule has 6 heteroatoms. The van der Waals surface area contributed by atoms with Crippen molar-refractivity contribution in [1.82, 2.24) is 4.90 Å². The van der Waals surface area contributed by atoms with Crippen molar-refractivity contribution in [1.29, 1.82) is 0 Å². The van der Waals surface area contributed by atoms with Crippen molar-refractivity contribution in [2.75, 3.05) is 13.6 Å². The van der Waals surface area contributed by atoms with E-state index in [9.17, 15) is 14.9 Å². The smallest absolute Gasteiger partial charge is 0.269 e. The number of nitro groups is 1. The SMILES string of the molecule is CC(CCCN)C(=O)N(C)Cc1cccc([N+](=O)[O-])c1. The summed E-state index contributed by atoms with van der Waals surface area (Å²) in [7, 11) is 1.71. The van der Waals surface area contributed by atoms with Crippen LogP contribution in [0.15, 0.2) is 24.3 Å². The van der Waals surface area contributed by atoms with Crippen LogP contribution in [0, 0.1) is 16.0 Å². The number of non-ortho nitro benzene ring substituents is 1. The minimum Gasteiger partial charge on any atom is -0.341 e. The molecular weight excluding hydrogens is 258 g/mol. The summed E-state index contributed by atoms with van der Waals surface area (Å²) in [5, 5.41) is 10.7. The number of benzene rings is 1. The highest BCUT2D eigenvalue weighted by Crippen LogP contribution is 2.16.